The second-order valence-electron chi connectivity index (χ2n) is 10.9. The molecule has 0 fully saturated rings. The monoisotopic (exact) mass is 598 g/mol. The summed E-state index contributed by atoms with van der Waals surface area (Å²) < 4.78 is 3.31. The van der Waals surface area contributed by atoms with E-state index in [0.717, 1.165) is 0 Å². The Hall–Kier alpha value is -6.68. The Morgan fingerprint density at radius 2 is 0.565 bits per heavy atom. The summed E-state index contributed by atoms with van der Waals surface area (Å²) >= 11 is 0. The average Bonchev–Trinajstić information content (AvgIpc) is 3.11. The Morgan fingerprint density at radius 3 is 0.826 bits per heavy atom. The van der Waals surface area contributed by atoms with Gasteiger partial charge in [-0.05, 0) is 24.3 Å². The highest BCUT2D eigenvalue weighted by atomic mass is 16.1. The topological polar surface area (TPSA) is 130 Å². The largest absolute Gasteiger partial charge is 0.287 e. The molecule has 6 aromatic carbocycles. The van der Waals surface area contributed by atoms with E-state index in [-0.39, 0.29) is 66.2 Å². The van der Waals surface area contributed by atoms with E-state index in [9.17, 15) is 19.2 Å². The van der Waals surface area contributed by atoms with E-state index in [2.05, 4.69) is 0 Å². The van der Waals surface area contributed by atoms with Gasteiger partial charge in [0.15, 0.2) is 22.6 Å². The number of benzene rings is 6. The molecule has 0 N–H and O–H groups in total. The summed E-state index contributed by atoms with van der Waals surface area (Å²) in [5.74, 6) is 0. The van der Waals surface area contributed by atoms with Crippen molar-refractivity contribution in [3.05, 3.63) is 150 Å². The van der Waals surface area contributed by atoms with Crippen LogP contribution in [0.2, 0.25) is 0 Å². The highest BCUT2D eigenvalue weighted by molar-refractivity contribution is 6.00. The molecule has 9 rings (SSSR count). The Kier molecular flexibility index (Phi) is 5.27. The van der Waals surface area contributed by atoms with Gasteiger partial charge in [-0.2, -0.15) is 0 Å². The summed E-state index contributed by atoms with van der Waals surface area (Å²) in [4.78, 5) is 74.4. The molecule has 46 heavy (non-hydrogen) atoms. The van der Waals surface area contributed by atoms with Crippen molar-refractivity contribution < 1.29 is 0 Å². The summed E-state index contributed by atoms with van der Waals surface area (Å²) in [6.07, 6.45) is 0. The minimum absolute atomic E-state index is 0.0917. The Balaban J connectivity index is 1.61. The summed E-state index contributed by atoms with van der Waals surface area (Å²) in [5, 5.41) is 0.975. The molecule has 0 amide bonds. The van der Waals surface area contributed by atoms with Gasteiger partial charge in [0.1, 0.15) is 22.1 Å². The molecule has 216 valence electrons. The molecule has 0 spiro atoms. The zero-order chi connectivity index (χ0) is 31.1. The van der Waals surface area contributed by atoms with E-state index in [4.69, 9.17) is 19.9 Å². The SMILES string of the molecule is O=c1c2ccccc2c(=O)c2nc3c(nc12)n(-c1ccccc1)c1nc2c(=O)c4ccccc4c(=O)c2nc1n3-c1ccccc1. The van der Waals surface area contributed by atoms with Crippen LogP contribution in [0.15, 0.2) is 128 Å². The fourth-order valence-electron chi connectivity index (χ4n) is 6.18. The third-order valence-electron chi connectivity index (χ3n) is 8.29. The fraction of sp³-hybridized carbons (Fsp3) is 0. The number of fused-ring (bicyclic) bond motifs is 6. The van der Waals surface area contributed by atoms with Crippen LogP contribution in [0.25, 0.3) is 77.6 Å². The van der Waals surface area contributed by atoms with E-state index in [1.165, 1.54) is 0 Å². The molecule has 9 aromatic rings. The third kappa shape index (κ3) is 3.46. The minimum Gasteiger partial charge on any atom is -0.287 e. The average molecular weight is 599 g/mol. The van der Waals surface area contributed by atoms with Gasteiger partial charge in [0.2, 0.25) is 21.7 Å². The molecule has 0 saturated heterocycles. The van der Waals surface area contributed by atoms with Crippen LogP contribution in [0.5, 0.6) is 0 Å². The van der Waals surface area contributed by atoms with E-state index in [1.807, 2.05) is 60.7 Å². The fourth-order valence-corrected chi connectivity index (χ4v) is 6.18. The van der Waals surface area contributed by atoms with Crippen LogP contribution in [0.1, 0.15) is 0 Å². The molecular formula is C36H18N6O4. The van der Waals surface area contributed by atoms with E-state index >= 15 is 0 Å². The van der Waals surface area contributed by atoms with Crippen molar-refractivity contribution in [2.24, 2.45) is 0 Å². The summed E-state index contributed by atoms with van der Waals surface area (Å²) in [6, 6.07) is 31.4. The van der Waals surface area contributed by atoms with Gasteiger partial charge in [-0.25, -0.2) is 19.9 Å². The quantitative estimate of drug-likeness (QED) is 0.263. The summed E-state index contributed by atoms with van der Waals surface area (Å²) in [5.41, 5.74) is -0.113. The highest BCUT2D eigenvalue weighted by Crippen LogP contribution is 2.29. The van der Waals surface area contributed by atoms with Crippen molar-refractivity contribution in [1.82, 2.24) is 29.1 Å². The van der Waals surface area contributed by atoms with Gasteiger partial charge in [-0.1, -0.05) is 84.9 Å². The minimum atomic E-state index is -0.431. The lowest BCUT2D eigenvalue weighted by molar-refractivity contribution is 1.00. The third-order valence-corrected chi connectivity index (χ3v) is 8.29. The number of rotatable bonds is 2. The first kappa shape index (κ1) is 25.8. The van der Waals surface area contributed by atoms with Crippen molar-refractivity contribution in [3.8, 4) is 11.4 Å². The first-order chi connectivity index (χ1) is 22.5. The number of aromatic nitrogens is 6. The zero-order valence-corrected chi connectivity index (χ0v) is 23.7. The lowest BCUT2D eigenvalue weighted by atomic mass is 10.1. The van der Waals surface area contributed by atoms with Gasteiger partial charge in [0.25, 0.3) is 0 Å². The van der Waals surface area contributed by atoms with Crippen molar-refractivity contribution in [1.29, 1.82) is 0 Å². The molecule has 0 radical (unpaired) electrons. The smallest absolute Gasteiger partial charge is 0.214 e. The first-order valence-corrected chi connectivity index (χ1v) is 14.4. The summed E-state index contributed by atoms with van der Waals surface area (Å²) in [7, 11) is 0. The molecule has 10 nitrogen and oxygen atoms in total. The van der Waals surface area contributed by atoms with Crippen molar-refractivity contribution >= 4 is 66.2 Å². The van der Waals surface area contributed by atoms with Gasteiger partial charge in [0.05, 0.1) is 0 Å². The molecule has 10 heteroatoms. The van der Waals surface area contributed by atoms with Crippen molar-refractivity contribution in [2.45, 2.75) is 0 Å². The number of para-hydroxylation sites is 2. The maximum absolute atomic E-state index is 13.8. The number of nitrogens with zero attached hydrogens (tertiary/aromatic N) is 6. The normalized spacial score (nSPS) is 11.8. The van der Waals surface area contributed by atoms with E-state index in [0.29, 0.717) is 11.4 Å². The molecule has 0 unspecified atom stereocenters. The second-order valence-corrected chi connectivity index (χ2v) is 10.9. The van der Waals surface area contributed by atoms with Crippen LogP contribution < -0.4 is 21.7 Å². The van der Waals surface area contributed by atoms with E-state index in [1.54, 1.807) is 57.7 Å². The molecule has 3 aromatic heterocycles. The zero-order valence-electron chi connectivity index (χ0n) is 23.7. The number of hydrogen-bond acceptors (Lipinski definition) is 8. The van der Waals surface area contributed by atoms with E-state index < -0.39 is 21.7 Å². The molecule has 3 heterocycles. The molecular weight excluding hydrogens is 580 g/mol. The van der Waals surface area contributed by atoms with Crippen LogP contribution in [0.3, 0.4) is 0 Å². The Bertz CT molecular complexity index is 2630. The van der Waals surface area contributed by atoms with Gasteiger partial charge in [0, 0.05) is 32.9 Å². The Morgan fingerprint density at radius 1 is 0.326 bits per heavy atom. The molecule has 0 bridgehead atoms. The summed E-state index contributed by atoms with van der Waals surface area (Å²) in [6.45, 7) is 0. The molecule has 0 aliphatic heterocycles. The van der Waals surface area contributed by atoms with Crippen LogP contribution in [-0.4, -0.2) is 29.1 Å². The number of hydrogen-bond donors (Lipinski definition) is 0. The second kappa shape index (κ2) is 9.41. The standard InChI is InChI=1S/C36H18N6O4/c43-29-21-15-7-9-17-23(21)31(45)27-25(29)37-33-35(39-27)42(20-13-5-2-6-14-20)36-34(41(33)19-11-3-1-4-12-19)38-26-28(40-36)32(46)24-18-10-8-16-22(24)30(26)44/h1-18H. The Labute approximate surface area is 256 Å². The lowest BCUT2D eigenvalue weighted by Gasteiger charge is -2.20. The van der Waals surface area contributed by atoms with Crippen LogP contribution in [-0.2, 0) is 0 Å². The first-order valence-electron chi connectivity index (χ1n) is 14.4. The van der Waals surface area contributed by atoms with Gasteiger partial charge >= 0.3 is 0 Å². The molecule has 0 aliphatic carbocycles. The molecule has 0 saturated carbocycles. The maximum atomic E-state index is 13.8. The van der Waals surface area contributed by atoms with Gasteiger partial charge < -0.3 is 0 Å². The van der Waals surface area contributed by atoms with Crippen molar-refractivity contribution in [2.75, 3.05) is 0 Å². The van der Waals surface area contributed by atoms with Crippen LogP contribution in [0.4, 0.5) is 0 Å². The highest BCUT2D eigenvalue weighted by Gasteiger charge is 2.24. The maximum Gasteiger partial charge on any atom is 0.214 e. The molecule has 0 aliphatic rings. The van der Waals surface area contributed by atoms with Gasteiger partial charge in [-0.3, -0.25) is 28.3 Å². The van der Waals surface area contributed by atoms with Crippen LogP contribution in [0, 0.1) is 0 Å². The van der Waals surface area contributed by atoms with Crippen molar-refractivity contribution in [3.63, 3.8) is 0 Å². The predicted octanol–water partition coefficient (Wildman–Crippen LogP) is 4.65. The lowest BCUT2D eigenvalue weighted by Crippen LogP contribution is -2.21. The van der Waals surface area contributed by atoms with Gasteiger partial charge in [-0.15, -0.1) is 0 Å². The van der Waals surface area contributed by atoms with Crippen LogP contribution >= 0.6 is 0 Å². The predicted molar refractivity (Wildman–Crippen MR) is 178 cm³/mol. The molecule has 0 atom stereocenters.